The number of aromatic nitrogens is 5. The molecule has 0 fully saturated rings. The molecular formula is C22H24N6O. The van der Waals surface area contributed by atoms with Crippen molar-refractivity contribution >= 4 is 16.9 Å². The Morgan fingerprint density at radius 1 is 1.17 bits per heavy atom. The van der Waals surface area contributed by atoms with Gasteiger partial charge in [0.1, 0.15) is 5.82 Å². The highest BCUT2D eigenvalue weighted by atomic mass is 16.1. The fourth-order valence-electron chi connectivity index (χ4n) is 3.62. The number of imidazole rings is 1. The number of aryl methyl sites for hydroxylation is 3. The van der Waals surface area contributed by atoms with Crippen LogP contribution < -0.4 is 5.32 Å². The van der Waals surface area contributed by atoms with Crippen LogP contribution in [0.3, 0.4) is 0 Å². The summed E-state index contributed by atoms with van der Waals surface area (Å²) in [6.07, 6.45) is 4.43. The maximum absolute atomic E-state index is 12.9. The van der Waals surface area contributed by atoms with E-state index in [0.29, 0.717) is 18.5 Å². The van der Waals surface area contributed by atoms with Crippen molar-refractivity contribution in [1.82, 2.24) is 29.6 Å². The molecule has 1 N–H and O–H groups in total. The lowest BCUT2D eigenvalue weighted by atomic mass is 10.1. The van der Waals surface area contributed by atoms with Crippen molar-refractivity contribution in [3.63, 3.8) is 0 Å². The van der Waals surface area contributed by atoms with Gasteiger partial charge in [-0.25, -0.2) is 9.97 Å². The monoisotopic (exact) mass is 388 g/mol. The molecule has 7 heteroatoms. The van der Waals surface area contributed by atoms with E-state index in [-0.39, 0.29) is 5.91 Å². The summed E-state index contributed by atoms with van der Waals surface area (Å²) in [5, 5.41) is 8.24. The Morgan fingerprint density at radius 3 is 2.76 bits per heavy atom. The van der Waals surface area contributed by atoms with Crippen LogP contribution in [0.25, 0.3) is 11.0 Å². The molecule has 0 aliphatic carbocycles. The standard InChI is InChI=1S/C22H24N6O/c1-15-13-18(20-16(2)26-27(3)21(20)25-15)22(29)24-10-9-19-23-11-12-28(19)14-17-7-5-4-6-8-17/h4-8,11-13H,9-10,14H2,1-3H3,(H,24,29). The van der Waals surface area contributed by atoms with E-state index in [0.717, 1.165) is 34.8 Å². The normalized spacial score (nSPS) is 11.1. The van der Waals surface area contributed by atoms with Crippen LogP contribution in [-0.4, -0.2) is 36.8 Å². The van der Waals surface area contributed by atoms with Crippen LogP contribution in [0.5, 0.6) is 0 Å². The third-order valence-corrected chi connectivity index (χ3v) is 4.97. The van der Waals surface area contributed by atoms with Crippen LogP contribution in [-0.2, 0) is 20.0 Å². The summed E-state index contributed by atoms with van der Waals surface area (Å²) in [4.78, 5) is 21.8. The quantitative estimate of drug-likeness (QED) is 0.551. The molecule has 1 amide bonds. The van der Waals surface area contributed by atoms with Crippen molar-refractivity contribution in [2.24, 2.45) is 7.05 Å². The van der Waals surface area contributed by atoms with Crippen molar-refractivity contribution in [3.8, 4) is 0 Å². The van der Waals surface area contributed by atoms with Gasteiger partial charge in [0.15, 0.2) is 5.65 Å². The summed E-state index contributed by atoms with van der Waals surface area (Å²) in [5.41, 5.74) is 4.16. The molecule has 0 atom stereocenters. The SMILES string of the molecule is Cc1cc(C(=O)NCCc2nccn2Cc2ccccc2)c2c(C)nn(C)c2n1. The summed E-state index contributed by atoms with van der Waals surface area (Å²) in [7, 11) is 1.84. The van der Waals surface area contributed by atoms with Crippen LogP contribution in [0.4, 0.5) is 0 Å². The zero-order valence-corrected chi connectivity index (χ0v) is 16.9. The lowest BCUT2D eigenvalue weighted by Crippen LogP contribution is -2.27. The molecule has 4 aromatic rings. The van der Waals surface area contributed by atoms with Gasteiger partial charge < -0.3 is 9.88 Å². The van der Waals surface area contributed by atoms with E-state index < -0.39 is 0 Å². The van der Waals surface area contributed by atoms with Crippen LogP contribution >= 0.6 is 0 Å². The van der Waals surface area contributed by atoms with Crippen LogP contribution in [0, 0.1) is 13.8 Å². The first-order valence-corrected chi connectivity index (χ1v) is 9.66. The maximum Gasteiger partial charge on any atom is 0.252 e. The Balaban J connectivity index is 1.46. The van der Waals surface area contributed by atoms with E-state index in [1.165, 1.54) is 5.56 Å². The Morgan fingerprint density at radius 2 is 1.97 bits per heavy atom. The molecule has 0 unspecified atom stereocenters. The average molecular weight is 388 g/mol. The molecule has 29 heavy (non-hydrogen) atoms. The topological polar surface area (TPSA) is 77.6 Å². The smallest absolute Gasteiger partial charge is 0.252 e. The lowest BCUT2D eigenvalue weighted by molar-refractivity contribution is 0.0955. The molecule has 4 rings (SSSR count). The van der Waals surface area contributed by atoms with Gasteiger partial charge in [0.05, 0.1) is 16.6 Å². The van der Waals surface area contributed by atoms with Crippen molar-refractivity contribution in [3.05, 3.63) is 77.1 Å². The highest BCUT2D eigenvalue weighted by Gasteiger charge is 2.17. The summed E-state index contributed by atoms with van der Waals surface area (Å²) in [6.45, 7) is 5.06. The number of hydrogen-bond acceptors (Lipinski definition) is 4. The summed E-state index contributed by atoms with van der Waals surface area (Å²) in [5.74, 6) is 0.834. The number of amides is 1. The summed E-state index contributed by atoms with van der Waals surface area (Å²) in [6, 6.07) is 12.1. The highest BCUT2D eigenvalue weighted by molar-refractivity contribution is 6.06. The Hall–Kier alpha value is -3.48. The zero-order chi connectivity index (χ0) is 20.4. The first kappa shape index (κ1) is 18.9. The number of fused-ring (bicyclic) bond motifs is 1. The van der Waals surface area contributed by atoms with Crippen molar-refractivity contribution < 1.29 is 4.79 Å². The Bertz CT molecular complexity index is 1160. The second kappa shape index (κ2) is 7.87. The number of pyridine rings is 1. The highest BCUT2D eigenvalue weighted by Crippen LogP contribution is 2.21. The van der Waals surface area contributed by atoms with Crippen molar-refractivity contribution in [1.29, 1.82) is 0 Å². The van der Waals surface area contributed by atoms with Gasteiger partial charge in [-0.05, 0) is 25.5 Å². The molecular weight excluding hydrogens is 364 g/mol. The number of benzene rings is 1. The van der Waals surface area contributed by atoms with Gasteiger partial charge in [-0.2, -0.15) is 5.10 Å². The molecule has 0 saturated heterocycles. The summed E-state index contributed by atoms with van der Waals surface area (Å²) < 4.78 is 3.83. The molecule has 1 aromatic carbocycles. The number of carbonyl (C=O) groups excluding carboxylic acids is 1. The number of rotatable bonds is 6. The maximum atomic E-state index is 12.9. The molecule has 7 nitrogen and oxygen atoms in total. The third kappa shape index (κ3) is 3.89. The second-order valence-electron chi connectivity index (χ2n) is 7.18. The first-order chi connectivity index (χ1) is 14.0. The second-order valence-corrected chi connectivity index (χ2v) is 7.18. The Labute approximate surface area is 169 Å². The predicted molar refractivity (Wildman–Crippen MR) is 112 cm³/mol. The minimum absolute atomic E-state index is 0.113. The van der Waals surface area contributed by atoms with E-state index >= 15 is 0 Å². The molecule has 3 aromatic heterocycles. The molecule has 0 bridgehead atoms. The third-order valence-electron chi connectivity index (χ3n) is 4.97. The van der Waals surface area contributed by atoms with Gasteiger partial charge in [-0.1, -0.05) is 30.3 Å². The van der Waals surface area contributed by atoms with Gasteiger partial charge in [0.2, 0.25) is 0 Å². The van der Waals surface area contributed by atoms with Crippen molar-refractivity contribution in [2.75, 3.05) is 6.54 Å². The van der Waals surface area contributed by atoms with Crippen LogP contribution in [0.1, 0.15) is 33.1 Å². The molecule has 148 valence electrons. The fraction of sp³-hybridized carbons (Fsp3) is 0.273. The predicted octanol–water partition coefficient (Wildman–Crippen LogP) is 2.80. The lowest BCUT2D eigenvalue weighted by Gasteiger charge is -2.10. The number of nitrogens with zero attached hydrogens (tertiary/aromatic N) is 5. The number of hydrogen-bond donors (Lipinski definition) is 1. The van der Waals surface area contributed by atoms with E-state index in [1.807, 2.05) is 51.4 Å². The van der Waals surface area contributed by atoms with Crippen LogP contribution in [0.15, 0.2) is 48.8 Å². The average Bonchev–Trinajstić information content (AvgIpc) is 3.26. The van der Waals surface area contributed by atoms with Gasteiger partial charge in [-0.3, -0.25) is 9.48 Å². The van der Waals surface area contributed by atoms with Gasteiger partial charge in [-0.15, -0.1) is 0 Å². The molecule has 0 saturated carbocycles. The molecule has 3 heterocycles. The van der Waals surface area contributed by atoms with E-state index in [1.54, 1.807) is 10.9 Å². The van der Waals surface area contributed by atoms with Gasteiger partial charge in [0.25, 0.3) is 5.91 Å². The molecule has 0 aliphatic rings. The minimum Gasteiger partial charge on any atom is -0.352 e. The minimum atomic E-state index is -0.113. The number of carbonyl (C=O) groups is 1. The Kier molecular flexibility index (Phi) is 5.12. The van der Waals surface area contributed by atoms with E-state index in [2.05, 4.69) is 37.1 Å². The molecule has 0 spiro atoms. The summed E-state index contributed by atoms with van der Waals surface area (Å²) >= 11 is 0. The zero-order valence-electron chi connectivity index (χ0n) is 16.9. The molecule has 0 aliphatic heterocycles. The van der Waals surface area contributed by atoms with Gasteiger partial charge >= 0.3 is 0 Å². The fourth-order valence-corrected chi connectivity index (χ4v) is 3.62. The van der Waals surface area contributed by atoms with E-state index in [4.69, 9.17) is 0 Å². The number of nitrogens with one attached hydrogen (secondary N) is 1. The van der Waals surface area contributed by atoms with Gasteiger partial charge in [0, 0.05) is 44.6 Å². The largest absolute Gasteiger partial charge is 0.352 e. The van der Waals surface area contributed by atoms with Crippen molar-refractivity contribution in [2.45, 2.75) is 26.8 Å². The van der Waals surface area contributed by atoms with E-state index in [9.17, 15) is 4.79 Å². The van der Waals surface area contributed by atoms with Crippen LogP contribution in [0.2, 0.25) is 0 Å². The first-order valence-electron chi connectivity index (χ1n) is 9.66. The molecule has 0 radical (unpaired) electrons.